The molecule has 1 saturated heterocycles. The standard InChI is InChI=1S/C13H25NO/c1-11(2)8-12(3,4)10-13(9-11)14-6-5-7-15-13/h14H,5-10H2,1-4H3. The molecule has 2 rings (SSSR count). The number of ether oxygens (including phenoxy) is 1. The predicted octanol–water partition coefficient (Wildman–Crippen LogP) is 2.93. The monoisotopic (exact) mass is 211 g/mol. The van der Waals surface area contributed by atoms with Crippen LogP contribution in [-0.4, -0.2) is 18.9 Å². The summed E-state index contributed by atoms with van der Waals surface area (Å²) in [6.45, 7) is 11.5. The highest BCUT2D eigenvalue weighted by atomic mass is 16.5. The van der Waals surface area contributed by atoms with Crippen molar-refractivity contribution in [1.29, 1.82) is 0 Å². The molecule has 0 unspecified atom stereocenters. The molecule has 0 aromatic carbocycles. The SMILES string of the molecule is CC1(C)CC(C)(C)CC2(C1)NCCCO2. The highest BCUT2D eigenvalue weighted by molar-refractivity contribution is 4.98. The summed E-state index contributed by atoms with van der Waals surface area (Å²) < 4.78 is 6.07. The second kappa shape index (κ2) is 3.46. The van der Waals surface area contributed by atoms with Crippen molar-refractivity contribution < 1.29 is 4.74 Å². The maximum absolute atomic E-state index is 6.07. The largest absolute Gasteiger partial charge is 0.361 e. The third-order valence-corrected chi connectivity index (χ3v) is 3.63. The summed E-state index contributed by atoms with van der Waals surface area (Å²) >= 11 is 0. The predicted molar refractivity (Wildman–Crippen MR) is 62.7 cm³/mol. The van der Waals surface area contributed by atoms with Crippen molar-refractivity contribution in [1.82, 2.24) is 5.32 Å². The van der Waals surface area contributed by atoms with Crippen LogP contribution >= 0.6 is 0 Å². The molecule has 1 N–H and O–H groups in total. The van der Waals surface area contributed by atoms with E-state index in [-0.39, 0.29) is 5.72 Å². The van der Waals surface area contributed by atoms with Gasteiger partial charge in [-0.05, 0) is 43.1 Å². The molecule has 2 fully saturated rings. The first-order chi connectivity index (χ1) is 6.83. The fourth-order valence-electron chi connectivity index (χ4n) is 3.96. The Morgan fingerprint density at radius 2 is 1.53 bits per heavy atom. The van der Waals surface area contributed by atoms with E-state index in [1.165, 1.54) is 6.42 Å². The minimum Gasteiger partial charge on any atom is -0.361 e. The molecular weight excluding hydrogens is 186 g/mol. The fourth-order valence-corrected chi connectivity index (χ4v) is 3.96. The van der Waals surface area contributed by atoms with Crippen molar-refractivity contribution >= 4 is 0 Å². The van der Waals surface area contributed by atoms with Gasteiger partial charge in [-0.1, -0.05) is 27.7 Å². The molecule has 0 aromatic heterocycles. The molecule has 1 saturated carbocycles. The molecule has 1 spiro atoms. The van der Waals surface area contributed by atoms with Crippen molar-refractivity contribution in [2.24, 2.45) is 10.8 Å². The first kappa shape index (κ1) is 11.4. The average molecular weight is 211 g/mol. The van der Waals surface area contributed by atoms with Crippen LogP contribution in [0.4, 0.5) is 0 Å². The molecular formula is C13H25NO. The van der Waals surface area contributed by atoms with Crippen molar-refractivity contribution in [3.63, 3.8) is 0 Å². The molecule has 0 atom stereocenters. The van der Waals surface area contributed by atoms with E-state index in [0.717, 1.165) is 32.4 Å². The number of rotatable bonds is 0. The van der Waals surface area contributed by atoms with Gasteiger partial charge in [-0.25, -0.2) is 0 Å². The fraction of sp³-hybridized carbons (Fsp3) is 1.00. The second-order valence-electron chi connectivity index (χ2n) is 6.98. The van der Waals surface area contributed by atoms with Gasteiger partial charge in [0.15, 0.2) is 0 Å². The van der Waals surface area contributed by atoms with Gasteiger partial charge < -0.3 is 4.74 Å². The molecule has 0 radical (unpaired) electrons. The molecule has 1 aliphatic carbocycles. The average Bonchev–Trinajstić information content (AvgIpc) is 1.97. The molecule has 2 nitrogen and oxygen atoms in total. The highest BCUT2D eigenvalue weighted by Gasteiger charge is 2.48. The van der Waals surface area contributed by atoms with E-state index < -0.39 is 0 Å². The van der Waals surface area contributed by atoms with E-state index in [1.54, 1.807) is 0 Å². The van der Waals surface area contributed by atoms with Gasteiger partial charge in [0.2, 0.25) is 0 Å². The van der Waals surface area contributed by atoms with Gasteiger partial charge in [0.25, 0.3) is 0 Å². The Labute approximate surface area is 93.8 Å². The van der Waals surface area contributed by atoms with Crippen LogP contribution in [0.3, 0.4) is 0 Å². The summed E-state index contributed by atoms with van der Waals surface area (Å²) in [6.07, 6.45) is 4.77. The van der Waals surface area contributed by atoms with Crippen LogP contribution in [0.25, 0.3) is 0 Å². The minimum atomic E-state index is -0.0243. The Hall–Kier alpha value is -0.0800. The van der Waals surface area contributed by atoms with Crippen molar-refractivity contribution in [3.05, 3.63) is 0 Å². The van der Waals surface area contributed by atoms with Gasteiger partial charge in [0, 0.05) is 0 Å². The number of nitrogens with one attached hydrogen (secondary N) is 1. The van der Waals surface area contributed by atoms with E-state index >= 15 is 0 Å². The molecule has 2 heteroatoms. The summed E-state index contributed by atoms with van der Waals surface area (Å²) in [4.78, 5) is 0. The lowest BCUT2D eigenvalue weighted by atomic mass is 9.62. The number of hydrogen-bond donors (Lipinski definition) is 1. The van der Waals surface area contributed by atoms with Crippen molar-refractivity contribution in [3.8, 4) is 0 Å². The summed E-state index contributed by atoms with van der Waals surface area (Å²) in [5, 5.41) is 3.62. The zero-order chi connectivity index (χ0) is 11.2. The molecule has 15 heavy (non-hydrogen) atoms. The number of hydrogen-bond acceptors (Lipinski definition) is 2. The van der Waals surface area contributed by atoms with E-state index in [2.05, 4.69) is 33.0 Å². The lowest BCUT2D eigenvalue weighted by Gasteiger charge is -2.53. The Balaban J connectivity index is 2.18. The summed E-state index contributed by atoms with van der Waals surface area (Å²) in [5.41, 5.74) is 0.766. The van der Waals surface area contributed by atoms with E-state index in [9.17, 15) is 0 Å². The van der Waals surface area contributed by atoms with E-state index in [4.69, 9.17) is 4.74 Å². The van der Waals surface area contributed by atoms with Gasteiger partial charge in [-0.3, -0.25) is 5.32 Å². The molecule has 88 valence electrons. The zero-order valence-corrected chi connectivity index (χ0v) is 10.7. The summed E-state index contributed by atoms with van der Waals surface area (Å²) in [6, 6.07) is 0. The Morgan fingerprint density at radius 3 is 2.00 bits per heavy atom. The van der Waals surface area contributed by atoms with Crippen LogP contribution < -0.4 is 5.32 Å². The highest BCUT2D eigenvalue weighted by Crippen LogP contribution is 2.50. The second-order valence-corrected chi connectivity index (χ2v) is 6.98. The molecule has 2 aliphatic rings. The van der Waals surface area contributed by atoms with E-state index in [0.29, 0.717) is 10.8 Å². The third-order valence-electron chi connectivity index (χ3n) is 3.63. The van der Waals surface area contributed by atoms with Crippen LogP contribution in [0, 0.1) is 10.8 Å². The third kappa shape index (κ3) is 2.54. The molecule has 0 amide bonds. The lowest BCUT2D eigenvalue weighted by molar-refractivity contribution is -0.166. The van der Waals surface area contributed by atoms with Gasteiger partial charge in [-0.2, -0.15) is 0 Å². The normalized spacial score (nSPS) is 32.8. The molecule has 1 heterocycles. The zero-order valence-electron chi connectivity index (χ0n) is 10.7. The maximum Gasteiger partial charge on any atom is 0.120 e. The maximum atomic E-state index is 6.07. The quantitative estimate of drug-likeness (QED) is 0.665. The smallest absolute Gasteiger partial charge is 0.120 e. The minimum absolute atomic E-state index is 0.0243. The first-order valence-corrected chi connectivity index (χ1v) is 6.22. The summed E-state index contributed by atoms with van der Waals surface area (Å²) in [7, 11) is 0. The van der Waals surface area contributed by atoms with Crippen LogP contribution in [-0.2, 0) is 4.74 Å². The van der Waals surface area contributed by atoms with Gasteiger partial charge in [-0.15, -0.1) is 0 Å². The van der Waals surface area contributed by atoms with E-state index in [1.807, 2.05) is 0 Å². The lowest BCUT2D eigenvalue weighted by Crippen LogP contribution is -2.59. The van der Waals surface area contributed by atoms with Crippen molar-refractivity contribution in [2.45, 2.75) is 59.1 Å². The van der Waals surface area contributed by atoms with Gasteiger partial charge >= 0.3 is 0 Å². The topological polar surface area (TPSA) is 21.3 Å². The molecule has 0 aromatic rings. The summed E-state index contributed by atoms with van der Waals surface area (Å²) in [5.74, 6) is 0. The Morgan fingerprint density at radius 1 is 0.933 bits per heavy atom. The van der Waals surface area contributed by atoms with Crippen molar-refractivity contribution in [2.75, 3.05) is 13.2 Å². The van der Waals surface area contributed by atoms with Crippen LogP contribution in [0.5, 0.6) is 0 Å². The Bertz CT molecular complexity index is 221. The van der Waals surface area contributed by atoms with Gasteiger partial charge in [0.05, 0.1) is 6.61 Å². The van der Waals surface area contributed by atoms with Crippen LogP contribution in [0.2, 0.25) is 0 Å². The molecule has 0 bridgehead atoms. The van der Waals surface area contributed by atoms with Crippen LogP contribution in [0.1, 0.15) is 53.4 Å². The first-order valence-electron chi connectivity index (χ1n) is 6.22. The molecule has 1 aliphatic heterocycles. The van der Waals surface area contributed by atoms with Crippen LogP contribution in [0.15, 0.2) is 0 Å². The van der Waals surface area contributed by atoms with Gasteiger partial charge in [0.1, 0.15) is 5.72 Å². The Kier molecular flexibility index (Phi) is 2.63.